The monoisotopic (exact) mass is 331 g/mol. The normalized spacial score (nSPS) is 14.7. The molecule has 0 spiro atoms. The Hall–Kier alpha value is -2.27. The summed E-state index contributed by atoms with van der Waals surface area (Å²) in [6.07, 6.45) is 1.70. The number of nitrogens with zero attached hydrogens (tertiary/aromatic N) is 3. The number of benzene rings is 1. The van der Waals surface area contributed by atoms with E-state index in [1.807, 2.05) is 24.3 Å². The third kappa shape index (κ3) is 3.24. The molecule has 120 valence electrons. The van der Waals surface area contributed by atoms with Crippen LogP contribution in [0.25, 0.3) is 0 Å². The van der Waals surface area contributed by atoms with Gasteiger partial charge in [0.25, 0.3) is 0 Å². The van der Waals surface area contributed by atoms with E-state index >= 15 is 0 Å². The fraction of sp³-hybridized carbons (Fsp3) is 0.294. The number of pyridine rings is 1. The van der Waals surface area contributed by atoms with Gasteiger partial charge < -0.3 is 14.5 Å². The van der Waals surface area contributed by atoms with Crippen molar-refractivity contribution in [1.29, 1.82) is 0 Å². The number of para-hydroxylation sites is 1. The van der Waals surface area contributed by atoms with Gasteiger partial charge in [-0.3, -0.25) is 0 Å². The highest BCUT2D eigenvalue weighted by Crippen LogP contribution is 2.27. The van der Waals surface area contributed by atoms with Crippen molar-refractivity contribution in [2.75, 3.05) is 43.1 Å². The molecule has 3 rings (SSSR count). The van der Waals surface area contributed by atoms with Crippen LogP contribution in [0.5, 0.6) is 0 Å². The first-order valence-corrected chi connectivity index (χ1v) is 7.86. The number of methoxy groups -OCH3 is 1. The Morgan fingerprint density at radius 2 is 1.78 bits per heavy atom. The molecule has 1 fully saturated rings. The third-order valence-electron chi connectivity index (χ3n) is 3.96. The highest BCUT2D eigenvalue weighted by Gasteiger charge is 2.23. The average Bonchev–Trinajstić information content (AvgIpc) is 2.62. The Morgan fingerprint density at radius 1 is 1.09 bits per heavy atom. The zero-order valence-electron chi connectivity index (χ0n) is 12.9. The van der Waals surface area contributed by atoms with E-state index in [-0.39, 0.29) is 5.97 Å². The molecule has 0 unspecified atom stereocenters. The van der Waals surface area contributed by atoms with Crippen LogP contribution in [0.1, 0.15) is 10.4 Å². The summed E-state index contributed by atoms with van der Waals surface area (Å²) < 4.78 is 4.84. The summed E-state index contributed by atoms with van der Waals surface area (Å²) in [5, 5.41) is 0.758. The van der Waals surface area contributed by atoms with E-state index in [0.717, 1.165) is 36.9 Å². The Morgan fingerprint density at radius 3 is 2.48 bits per heavy atom. The molecule has 0 aliphatic carbocycles. The molecule has 0 amide bonds. The molecule has 1 saturated heterocycles. The number of hydrogen-bond acceptors (Lipinski definition) is 5. The molecular formula is C17H18ClN3O2. The van der Waals surface area contributed by atoms with Crippen molar-refractivity contribution in [2.24, 2.45) is 0 Å². The fourth-order valence-corrected chi connectivity index (χ4v) is 3.04. The van der Waals surface area contributed by atoms with Crippen LogP contribution in [0.3, 0.4) is 0 Å². The molecule has 0 radical (unpaired) electrons. The van der Waals surface area contributed by atoms with Crippen LogP contribution in [0.15, 0.2) is 42.6 Å². The Labute approximate surface area is 140 Å². The summed E-state index contributed by atoms with van der Waals surface area (Å²) >= 11 is 6.27. The largest absolute Gasteiger partial charge is 0.465 e. The van der Waals surface area contributed by atoms with Crippen molar-refractivity contribution >= 4 is 29.1 Å². The standard InChI is InChI=1S/C17H18ClN3O2/c1-23-17(22)13-5-4-8-19-16(13)21-11-9-20(10-12-21)15-7-3-2-6-14(15)18/h2-8H,9-12H2,1H3. The van der Waals surface area contributed by atoms with Crippen molar-refractivity contribution < 1.29 is 9.53 Å². The predicted molar refractivity (Wildman–Crippen MR) is 91.5 cm³/mol. The smallest absolute Gasteiger partial charge is 0.341 e. The zero-order valence-corrected chi connectivity index (χ0v) is 13.7. The fourth-order valence-electron chi connectivity index (χ4n) is 2.79. The molecular weight excluding hydrogens is 314 g/mol. The summed E-state index contributed by atoms with van der Waals surface area (Å²) in [7, 11) is 1.38. The lowest BCUT2D eigenvalue weighted by molar-refractivity contribution is 0.0601. The van der Waals surface area contributed by atoms with Crippen LogP contribution in [0, 0.1) is 0 Å². The van der Waals surface area contributed by atoms with Gasteiger partial charge in [-0.2, -0.15) is 0 Å². The van der Waals surface area contributed by atoms with Gasteiger partial charge in [-0.15, -0.1) is 0 Å². The number of carbonyl (C=O) groups excluding carboxylic acids is 1. The van der Waals surface area contributed by atoms with Gasteiger partial charge in [-0.1, -0.05) is 23.7 Å². The Kier molecular flexibility index (Phi) is 4.67. The summed E-state index contributed by atoms with van der Waals surface area (Å²) in [6, 6.07) is 11.3. The number of esters is 1. The molecule has 0 bridgehead atoms. The van der Waals surface area contributed by atoms with Crippen molar-refractivity contribution in [3.8, 4) is 0 Å². The third-order valence-corrected chi connectivity index (χ3v) is 4.28. The van der Waals surface area contributed by atoms with Crippen molar-refractivity contribution in [1.82, 2.24) is 4.98 Å². The van der Waals surface area contributed by atoms with E-state index in [1.165, 1.54) is 7.11 Å². The second-order valence-electron chi connectivity index (χ2n) is 5.29. The molecule has 0 N–H and O–H groups in total. The molecule has 0 saturated carbocycles. The number of piperazine rings is 1. The maximum absolute atomic E-state index is 11.9. The molecule has 2 heterocycles. The number of carbonyl (C=O) groups is 1. The zero-order chi connectivity index (χ0) is 16.2. The van der Waals surface area contributed by atoms with E-state index in [9.17, 15) is 4.79 Å². The summed E-state index contributed by atoms with van der Waals surface area (Å²) in [5.74, 6) is 0.319. The molecule has 2 aromatic rings. The molecule has 1 aromatic carbocycles. The minimum atomic E-state index is -0.360. The maximum atomic E-state index is 11.9. The van der Waals surface area contributed by atoms with Gasteiger partial charge in [-0.25, -0.2) is 9.78 Å². The molecule has 5 nitrogen and oxygen atoms in total. The van der Waals surface area contributed by atoms with Crippen LogP contribution >= 0.6 is 11.6 Å². The van der Waals surface area contributed by atoms with Gasteiger partial charge in [0, 0.05) is 32.4 Å². The number of hydrogen-bond donors (Lipinski definition) is 0. The first-order valence-electron chi connectivity index (χ1n) is 7.48. The number of anilines is 2. The van der Waals surface area contributed by atoms with Gasteiger partial charge in [-0.05, 0) is 24.3 Å². The van der Waals surface area contributed by atoms with Crippen LogP contribution in [0.4, 0.5) is 11.5 Å². The highest BCUT2D eigenvalue weighted by atomic mass is 35.5. The van der Waals surface area contributed by atoms with Crippen molar-refractivity contribution in [3.05, 3.63) is 53.2 Å². The molecule has 6 heteroatoms. The first kappa shape index (κ1) is 15.6. The van der Waals surface area contributed by atoms with Crippen molar-refractivity contribution in [3.63, 3.8) is 0 Å². The van der Waals surface area contributed by atoms with Gasteiger partial charge in [0.1, 0.15) is 11.4 Å². The number of ether oxygens (including phenoxy) is 1. The van der Waals surface area contributed by atoms with E-state index in [1.54, 1.807) is 18.3 Å². The lowest BCUT2D eigenvalue weighted by Crippen LogP contribution is -2.47. The number of halogens is 1. The minimum Gasteiger partial charge on any atom is -0.465 e. The van der Waals surface area contributed by atoms with Gasteiger partial charge in [0.2, 0.25) is 0 Å². The van der Waals surface area contributed by atoms with Crippen LogP contribution in [0.2, 0.25) is 5.02 Å². The molecule has 1 aliphatic rings. The van der Waals surface area contributed by atoms with Crippen LogP contribution in [-0.4, -0.2) is 44.2 Å². The molecule has 1 aliphatic heterocycles. The minimum absolute atomic E-state index is 0.360. The molecule has 0 atom stereocenters. The van der Waals surface area contributed by atoms with E-state index in [4.69, 9.17) is 16.3 Å². The first-order chi connectivity index (χ1) is 11.2. The number of aromatic nitrogens is 1. The van der Waals surface area contributed by atoms with Crippen molar-refractivity contribution in [2.45, 2.75) is 0 Å². The lowest BCUT2D eigenvalue weighted by Gasteiger charge is -2.37. The van der Waals surface area contributed by atoms with Gasteiger partial charge in [0.15, 0.2) is 0 Å². The summed E-state index contributed by atoms with van der Waals surface area (Å²) in [4.78, 5) is 20.6. The Balaban J connectivity index is 1.75. The highest BCUT2D eigenvalue weighted by molar-refractivity contribution is 6.33. The van der Waals surface area contributed by atoms with Crippen LogP contribution < -0.4 is 9.80 Å². The quantitative estimate of drug-likeness (QED) is 0.809. The van der Waals surface area contributed by atoms with E-state index in [2.05, 4.69) is 14.8 Å². The lowest BCUT2D eigenvalue weighted by atomic mass is 10.2. The van der Waals surface area contributed by atoms with Gasteiger partial charge >= 0.3 is 5.97 Å². The van der Waals surface area contributed by atoms with E-state index in [0.29, 0.717) is 11.4 Å². The molecule has 23 heavy (non-hydrogen) atoms. The average molecular weight is 332 g/mol. The topological polar surface area (TPSA) is 45.7 Å². The number of rotatable bonds is 3. The maximum Gasteiger partial charge on any atom is 0.341 e. The Bertz CT molecular complexity index is 700. The second kappa shape index (κ2) is 6.87. The van der Waals surface area contributed by atoms with E-state index < -0.39 is 0 Å². The SMILES string of the molecule is COC(=O)c1cccnc1N1CCN(c2ccccc2Cl)CC1. The summed E-state index contributed by atoms with van der Waals surface area (Å²) in [6.45, 7) is 3.18. The predicted octanol–water partition coefficient (Wildman–Crippen LogP) is 2.85. The van der Waals surface area contributed by atoms with Gasteiger partial charge in [0.05, 0.1) is 17.8 Å². The summed E-state index contributed by atoms with van der Waals surface area (Å²) in [5.41, 5.74) is 1.55. The van der Waals surface area contributed by atoms with Crippen LogP contribution in [-0.2, 0) is 4.74 Å². The molecule has 1 aromatic heterocycles. The second-order valence-corrected chi connectivity index (χ2v) is 5.70.